The Bertz CT molecular complexity index is 205. The van der Waals surface area contributed by atoms with Gasteiger partial charge in [0.1, 0.15) is 0 Å². The summed E-state index contributed by atoms with van der Waals surface area (Å²) in [6.07, 6.45) is 11.0. The molecule has 0 saturated heterocycles. The zero-order chi connectivity index (χ0) is 13.4. The third-order valence-corrected chi connectivity index (χ3v) is 5.35. The molecule has 0 aromatic heterocycles. The molecule has 0 unspecified atom stereocenters. The van der Waals surface area contributed by atoms with Crippen LogP contribution in [0, 0.1) is 5.41 Å². The Morgan fingerprint density at radius 2 is 1.61 bits per heavy atom. The zero-order valence-electron chi connectivity index (χ0n) is 12.7. The van der Waals surface area contributed by atoms with Crippen LogP contribution in [0.1, 0.15) is 72.1 Å². The number of hydrogen-bond donors (Lipinski definition) is 1. The Hall–Kier alpha value is 0.310. The molecule has 0 bridgehead atoms. The van der Waals surface area contributed by atoms with E-state index in [1.165, 1.54) is 64.5 Å². The normalized spacial score (nSPS) is 17.8. The number of nitrogens with zero attached hydrogens (tertiary/aromatic N) is 1. The highest BCUT2D eigenvalue weighted by molar-refractivity contribution is 7.80. The highest BCUT2D eigenvalue weighted by atomic mass is 32.1. The Morgan fingerprint density at radius 1 is 1.06 bits per heavy atom. The fourth-order valence-electron chi connectivity index (χ4n) is 3.75. The molecule has 1 aliphatic carbocycles. The smallest absolute Gasteiger partial charge is 0.00953 e. The van der Waals surface area contributed by atoms with Gasteiger partial charge in [0.2, 0.25) is 0 Å². The highest BCUT2D eigenvalue weighted by Crippen LogP contribution is 2.35. The monoisotopic (exact) mass is 271 g/mol. The second-order valence-electron chi connectivity index (χ2n) is 6.16. The van der Waals surface area contributed by atoms with Crippen molar-refractivity contribution in [3.63, 3.8) is 0 Å². The number of thiol groups is 1. The molecular weight excluding hydrogens is 238 g/mol. The largest absolute Gasteiger partial charge is 0.300 e. The van der Waals surface area contributed by atoms with E-state index in [4.69, 9.17) is 12.6 Å². The second kappa shape index (κ2) is 8.47. The molecule has 18 heavy (non-hydrogen) atoms. The molecule has 1 fully saturated rings. The van der Waals surface area contributed by atoms with E-state index in [2.05, 4.69) is 25.7 Å². The van der Waals surface area contributed by atoms with Crippen LogP contribution in [0.15, 0.2) is 0 Å². The lowest BCUT2D eigenvalue weighted by molar-refractivity contribution is 0.113. The van der Waals surface area contributed by atoms with Crippen molar-refractivity contribution in [1.29, 1.82) is 0 Å². The van der Waals surface area contributed by atoms with E-state index in [1.54, 1.807) is 0 Å². The highest BCUT2D eigenvalue weighted by Gasteiger charge is 2.32. The van der Waals surface area contributed by atoms with Crippen LogP contribution in [0.2, 0.25) is 0 Å². The number of rotatable bonds is 9. The summed E-state index contributed by atoms with van der Waals surface area (Å²) < 4.78 is 0. The minimum atomic E-state index is 0.464. The standard InChI is InChI=1S/C16H33NS/c1-4-11-16(14-18,12-5-2)13-17(6-3)15-9-7-8-10-15/h15,18H,4-14H2,1-3H3. The van der Waals surface area contributed by atoms with Gasteiger partial charge in [-0.25, -0.2) is 0 Å². The Balaban J connectivity index is 2.65. The van der Waals surface area contributed by atoms with Gasteiger partial charge in [-0.15, -0.1) is 0 Å². The summed E-state index contributed by atoms with van der Waals surface area (Å²) in [6, 6.07) is 0.864. The van der Waals surface area contributed by atoms with Crippen molar-refractivity contribution in [2.75, 3.05) is 18.8 Å². The molecule has 108 valence electrons. The molecule has 0 radical (unpaired) electrons. The van der Waals surface area contributed by atoms with Gasteiger partial charge >= 0.3 is 0 Å². The third-order valence-electron chi connectivity index (χ3n) is 4.68. The molecule has 0 atom stereocenters. The summed E-state index contributed by atoms with van der Waals surface area (Å²) in [7, 11) is 0. The van der Waals surface area contributed by atoms with Crippen molar-refractivity contribution in [2.45, 2.75) is 78.2 Å². The van der Waals surface area contributed by atoms with Crippen LogP contribution in [0.4, 0.5) is 0 Å². The zero-order valence-corrected chi connectivity index (χ0v) is 13.6. The van der Waals surface area contributed by atoms with Gasteiger partial charge in [0.25, 0.3) is 0 Å². The van der Waals surface area contributed by atoms with Crippen molar-refractivity contribution in [3.05, 3.63) is 0 Å². The van der Waals surface area contributed by atoms with E-state index in [0.717, 1.165) is 11.8 Å². The summed E-state index contributed by atoms with van der Waals surface area (Å²) in [6.45, 7) is 9.46. The van der Waals surface area contributed by atoms with Crippen molar-refractivity contribution in [2.24, 2.45) is 5.41 Å². The summed E-state index contributed by atoms with van der Waals surface area (Å²) in [4.78, 5) is 2.76. The molecule has 1 nitrogen and oxygen atoms in total. The first-order valence-electron chi connectivity index (χ1n) is 8.06. The van der Waals surface area contributed by atoms with E-state index in [-0.39, 0.29) is 0 Å². The molecule has 0 heterocycles. The molecule has 0 aromatic carbocycles. The van der Waals surface area contributed by atoms with E-state index < -0.39 is 0 Å². The van der Waals surface area contributed by atoms with Gasteiger partial charge in [-0.2, -0.15) is 12.6 Å². The molecule has 0 aliphatic heterocycles. The summed E-state index contributed by atoms with van der Waals surface area (Å²) in [5.74, 6) is 1.05. The van der Waals surface area contributed by atoms with Gasteiger partial charge in [0, 0.05) is 12.6 Å². The molecule has 0 amide bonds. The SMILES string of the molecule is CCCC(CS)(CCC)CN(CC)C1CCCC1. The first-order valence-corrected chi connectivity index (χ1v) is 8.69. The van der Waals surface area contributed by atoms with E-state index >= 15 is 0 Å². The summed E-state index contributed by atoms with van der Waals surface area (Å²) in [5.41, 5.74) is 0.464. The minimum Gasteiger partial charge on any atom is -0.300 e. The van der Waals surface area contributed by atoms with Crippen molar-refractivity contribution in [3.8, 4) is 0 Å². The first-order chi connectivity index (χ1) is 8.71. The maximum Gasteiger partial charge on any atom is 0.00953 e. The lowest BCUT2D eigenvalue weighted by atomic mass is 9.80. The molecule has 0 spiro atoms. The van der Waals surface area contributed by atoms with Gasteiger partial charge in [-0.1, -0.05) is 46.5 Å². The average Bonchev–Trinajstić information content (AvgIpc) is 2.90. The predicted molar refractivity (Wildman–Crippen MR) is 85.6 cm³/mol. The lowest BCUT2D eigenvalue weighted by Crippen LogP contribution is -2.43. The van der Waals surface area contributed by atoms with Gasteiger partial charge in [-0.3, -0.25) is 0 Å². The van der Waals surface area contributed by atoms with Crippen LogP contribution in [-0.2, 0) is 0 Å². The van der Waals surface area contributed by atoms with Crippen LogP contribution in [0.25, 0.3) is 0 Å². The molecule has 2 heteroatoms. The van der Waals surface area contributed by atoms with Crippen molar-refractivity contribution in [1.82, 2.24) is 4.90 Å². The van der Waals surface area contributed by atoms with E-state index in [1.807, 2.05) is 0 Å². The van der Waals surface area contributed by atoms with Gasteiger partial charge in [0.15, 0.2) is 0 Å². The third kappa shape index (κ3) is 4.45. The predicted octanol–water partition coefficient (Wildman–Crippen LogP) is 4.77. The van der Waals surface area contributed by atoms with Crippen LogP contribution in [-0.4, -0.2) is 29.8 Å². The second-order valence-corrected chi connectivity index (χ2v) is 6.48. The summed E-state index contributed by atoms with van der Waals surface area (Å²) in [5, 5.41) is 0. The maximum atomic E-state index is 4.70. The Labute approximate surface area is 120 Å². The lowest BCUT2D eigenvalue weighted by Gasteiger charge is -2.40. The number of hydrogen-bond acceptors (Lipinski definition) is 2. The molecule has 0 N–H and O–H groups in total. The van der Waals surface area contributed by atoms with Crippen LogP contribution < -0.4 is 0 Å². The van der Waals surface area contributed by atoms with E-state index in [0.29, 0.717) is 5.41 Å². The molecule has 1 rings (SSSR count). The maximum absolute atomic E-state index is 4.70. The quantitative estimate of drug-likeness (QED) is 0.591. The first kappa shape index (κ1) is 16.4. The summed E-state index contributed by atoms with van der Waals surface area (Å²) >= 11 is 4.70. The van der Waals surface area contributed by atoms with Crippen molar-refractivity contribution >= 4 is 12.6 Å². The fraction of sp³-hybridized carbons (Fsp3) is 1.00. The molecule has 1 aliphatic rings. The Morgan fingerprint density at radius 3 is 2.00 bits per heavy atom. The van der Waals surface area contributed by atoms with Gasteiger partial charge in [0.05, 0.1) is 0 Å². The van der Waals surface area contributed by atoms with Gasteiger partial charge < -0.3 is 4.90 Å². The topological polar surface area (TPSA) is 3.24 Å². The van der Waals surface area contributed by atoms with Crippen LogP contribution >= 0.6 is 12.6 Å². The van der Waals surface area contributed by atoms with Crippen LogP contribution in [0.3, 0.4) is 0 Å². The molecular formula is C16H33NS. The van der Waals surface area contributed by atoms with E-state index in [9.17, 15) is 0 Å². The minimum absolute atomic E-state index is 0.464. The average molecular weight is 272 g/mol. The Kier molecular flexibility index (Phi) is 7.70. The molecule has 0 aromatic rings. The van der Waals surface area contributed by atoms with Gasteiger partial charge in [-0.05, 0) is 43.4 Å². The van der Waals surface area contributed by atoms with Crippen molar-refractivity contribution < 1.29 is 0 Å². The molecule has 1 saturated carbocycles. The fourth-order valence-corrected chi connectivity index (χ4v) is 4.17. The van der Waals surface area contributed by atoms with Crippen LogP contribution in [0.5, 0.6) is 0 Å².